The number of aryl methyl sites for hydroxylation is 1. The Morgan fingerprint density at radius 1 is 0.912 bits per heavy atom. The van der Waals surface area contributed by atoms with Gasteiger partial charge in [0.2, 0.25) is 0 Å². The molecule has 0 aliphatic carbocycles. The quantitative estimate of drug-likeness (QED) is 0.304. The van der Waals surface area contributed by atoms with E-state index in [4.69, 9.17) is 9.72 Å². The summed E-state index contributed by atoms with van der Waals surface area (Å²) in [4.78, 5) is 42.1. The summed E-state index contributed by atoms with van der Waals surface area (Å²) < 4.78 is 5.52. The van der Waals surface area contributed by atoms with Crippen LogP contribution in [0.1, 0.15) is 40.1 Å². The van der Waals surface area contributed by atoms with E-state index < -0.39 is 18.0 Å². The minimum Gasteiger partial charge on any atom is -0.449 e. The first kappa shape index (κ1) is 22.9. The first-order valence-electron chi connectivity index (χ1n) is 10.9. The molecule has 0 saturated carbocycles. The van der Waals surface area contributed by atoms with Crippen molar-refractivity contribution in [3.8, 4) is 11.3 Å². The van der Waals surface area contributed by atoms with E-state index in [9.17, 15) is 14.4 Å². The molecule has 0 saturated heterocycles. The zero-order valence-corrected chi connectivity index (χ0v) is 19.2. The maximum Gasteiger partial charge on any atom is 0.339 e. The van der Waals surface area contributed by atoms with Gasteiger partial charge in [0.15, 0.2) is 11.9 Å². The Hall–Kier alpha value is -4.32. The van der Waals surface area contributed by atoms with Crippen molar-refractivity contribution in [3.05, 3.63) is 95.6 Å². The Labute approximate surface area is 197 Å². The van der Waals surface area contributed by atoms with Crippen LogP contribution < -0.4 is 5.32 Å². The molecule has 0 aliphatic heterocycles. The molecule has 1 N–H and O–H groups in total. The second-order valence-electron chi connectivity index (χ2n) is 8.11. The van der Waals surface area contributed by atoms with Gasteiger partial charge < -0.3 is 10.1 Å². The van der Waals surface area contributed by atoms with Crippen LogP contribution in [0.5, 0.6) is 0 Å². The smallest absolute Gasteiger partial charge is 0.339 e. The van der Waals surface area contributed by atoms with Crippen LogP contribution in [0.3, 0.4) is 0 Å². The number of ether oxygens (including phenoxy) is 1. The van der Waals surface area contributed by atoms with E-state index in [2.05, 4.69) is 5.32 Å². The molecule has 170 valence electrons. The normalized spacial score (nSPS) is 11.6. The number of hydrogen-bond donors (Lipinski definition) is 1. The lowest BCUT2D eigenvalue weighted by atomic mass is 10.0. The number of nitrogens with zero attached hydrogens (tertiary/aromatic N) is 1. The lowest BCUT2D eigenvalue weighted by Crippen LogP contribution is -2.30. The maximum absolute atomic E-state index is 13.1. The molecule has 0 bridgehead atoms. The lowest BCUT2D eigenvalue weighted by molar-refractivity contribution is -0.123. The summed E-state index contributed by atoms with van der Waals surface area (Å²) in [5.74, 6) is -1.22. The highest BCUT2D eigenvalue weighted by molar-refractivity contribution is 6.06. The Morgan fingerprint density at radius 2 is 1.65 bits per heavy atom. The number of benzene rings is 3. The van der Waals surface area contributed by atoms with Crippen LogP contribution in [-0.4, -0.2) is 28.7 Å². The monoisotopic (exact) mass is 452 g/mol. The van der Waals surface area contributed by atoms with Gasteiger partial charge in [-0.25, -0.2) is 9.78 Å². The molecule has 34 heavy (non-hydrogen) atoms. The third-order valence-electron chi connectivity index (χ3n) is 5.47. The first-order chi connectivity index (χ1) is 16.3. The van der Waals surface area contributed by atoms with Crippen molar-refractivity contribution >= 4 is 34.3 Å². The fourth-order valence-electron chi connectivity index (χ4n) is 3.55. The highest BCUT2D eigenvalue weighted by Gasteiger charge is 2.22. The number of aromatic nitrogens is 1. The summed E-state index contributed by atoms with van der Waals surface area (Å²) in [5.41, 5.74) is 4.57. The number of anilines is 1. The topological polar surface area (TPSA) is 85.4 Å². The van der Waals surface area contributed by atoms with Gasteiger partial charge in [-0.3, -0.25) is 9.59 Å². The Balaban J connectivity index is 1.58. The largest absolute Gasteiger partial charge is 0.449 e. The first-order valence-corrected chi connectivity index (χ1v) is 10.9. The minimum absolute atomic E-state index is 0.107. The van der Waals surface area contributed by atoms with Crippen LogP contribution in [0.2, 0.25) is 0 Å². The number of Topliss-reactive ketones (excluding diaryl/α,β-unsaturated/α-hetero) is 1. The van der Waals surface area contributed by atoms with Gasteiger partial charge in [-0.1, -0.05) is 60.2 Å². The molecule has 0 aliphatic rings. The molecule has 4 aromatic rings. The van der Waals surface area contributed by atoms with Crippen LogP contribution in [-0.2, 0) is 9.53 Å². The van der Waals surface area contributed by atoms with Gasteiger partial charge in [-0.05, 0) is 45.0 Å². The molecule has 1 atom stereocenters. The van der Waals surface area contributed by atoms with Crippen molar-refractivity contribution in [2.75, 3.05) is 5.32 Å². The molecule has 1 amide bonds. The van der Waals surface area contributed by atoms with E-state index in [0.29, 0.717) is 33.4 Å². The summed E-state index contributed by atoms with van der Waals surface area (Å²) in [6.07, 6.45) is -1.05. The van der Waals surface area contributed by atoms with E-state index in [0.717, 1.165) is 11.1 Å². The number of fused-ring (bicyclic) bond motifs is 1. The highest BCUT2D eigenvalue weighted by atomic mass is 16.5. The fraction of sp³-hybridized carbons (Fsp3) is 0.143. The Bertz CT molecular complexity index is 1390. The summed E-state index contributed by atoms with van der Waals surface area (Å²) >= 11 is 0. The molecule has 0 fully saturated rings. The molecular weight excluding hydrogens is 428 g/mol. The summed E-state index contributed by atoms with van der Waals surface area (Å²) in [6, 6.07) is 23.5. The maximum atomic E-state index is 13.1. The zero-order valence-electron chi connectivity index (χ0n) is 19.2. The van der Waals surface area contributed by atoms with Gasteiger partial charge >= 0.3 is 5.97 Å². The van der Waals surface area contributed by atoms with Crippen LogP contribution >= 0.6 is 0 Å². The Kier molecular flexibility index (Phi) is 6.50. The zero-order chi connectivity index (χ0) is 24.2. The van der Waals surface area contributed by atoms with Crippen LogP contribution in [0.25, 0.3) is 22.2 Å². The van der Waals surface area contributed by atoms with E-state index >= 15 is 0 Å². The summed E-state index contributed by atoms with van der Waals surface area (Å²) in [7, 11) is 0. The van der Waals surface area contributed by atoms with Gasteiger partial charge in [-0.15, -0.1) is 0 Å². The Morgan fingerprint density at radius 3 is 2.38 bits per heavy atom. The van der Waals surface area contributed by atoms with E-state index in [1.54, 1.807) is 36.4 Å². The van der Waals surface area contributed by atoms with Crippen molar-refractivity contribution < 1.29 is 19.1 Å². The van der Waals surface area contributed by atoms with E-state index in [1.807, 2.05) is 49.4 Å². The number of carbonyl (C=O) groups excluding carboxylic acids is 3. The molecule has 1 heterocycles. The average Bonchev–Trinajstić information content (AvgIpc) is 2.83. The molecule has 0 spiro atoms. The number of ketones is 1. The SMILES string of the molecule is CC(=O)c1cccc(NC(=O)[C@H](C)OC(=O)c2cc(-c3ccc(C)cc3)nc3ccccc23)c1. The molecule has 0 radical (unpaired) electrons. The lowest BCUT2D eigenvalue weighted by Gasteiger charge is -2.15. The van der Waals surface area contributed by atoms with Crippen LogP contribution in [0.15, 0.2) is 78.9 Å². The number of pyridine rings is 1. The molecular formula is C28H24N2O4. The van der Waals surface area contributed by atoms with E-state index in [-0.39, 0.29) is 5.78 Å². The van der Waals surface area contributed by atoms with Crippen molar-refractivity contribution in [2.45, 2.75) is 26.9 Å². The average molecular weight is 453 g/mol. The number of rotatable bonds is 6. The van der Waals surface area contributed by atoms with Crippen molar-refractivity contribution in [2.24, 2.45) is 0 Å². The summed E-state index contributed by atoms with van der Waals surface area (Å²) in [6.45, 7) is 4.96. The molecule has 4 rings (SSSR count). The second-order valence-corrected chi connectivity index (χ2v) is 8.11. The predicted octanol–water partition coefficient (Wildman–Crippen LogP) is 5.60. The number of nitrogens with one attached hydrogen (secondary N) is 1. The number of amides is 1. The van der Waals surface area contributed by atoms with Crippen molar-refractivity contribution in [3.63, 3.8) is 0 Å². The molecule has 3 aromatic carbocycles. The number of esters is 1. The van der Waals surface area contributed by atoms with Crippen LogP contribution in [0, 0.1) is 6.92 Å². The molecule has 6 heteroatoms. The van der Waals surface area contributed by atoms with Crippen molar-refractivity contribution in [1.82, 2.24) is 4.98 Å². The number of hydrogen-bond acceptors (Lipinski definition) is 5. The highest BCUT2D eigenvalue weighted by Crippen LogP contribution is 2.26. The third kappa shape index (κ3) is 5.02. The standard InChI is InChI=1S/C28H24N2O4/c1-17-11-13-20(14-12-17)26-16-24(23-9-4-5-10-25(23)30-26)28(33)34-19(3)27(32)29-22-8-6-7-21(15-22)18(2)31/h4-16,19H,1-3H3,(H,29,32)/t19-/m0/s1. The van der Waals surface area contributed by atoms with Gasteiger partial charge in [-0.2, -0.15) is 0 Å². The summed E-state index contributed by atoms with van der Waals surface area (Å²) in [5, 5.41) is 3.34. The van der Waals surface area contributed by atoms with Gasteiger partial charge in [0, 0.05) is 22.2 Å². The second kappa shape index (κ2) is 9.67. The number of para-hydroxylation sites is 1. The van der Waals surface area contributed by atoms with Gasteiger partial charge in [0.1, 0.15) is 0 Å². The van der Waals surface area contributed by atoms with E-state index in [1.165, 1.54) is 13.8 Å². The van der Waals surface area contributed by atoms with Crippen LogP contribution in [0.4, 0.5) is 5.69 Å². The molecule has 0 unspecified atom stereocenters. The van der Waals surface area contributed by atoms with Crippen molar-refractivity contribution in [1.29, 1.82) is 0 Å². The molecule has 6 nitrogen and oxygen atoms in total. The predicted molar refractivity (Wildman–Crippen MR) is 132 cm³/mol. The fourth-order valence-corrected chi connectivity index (χ4v) is 3.55. The van der Waals surface area contributed by atoms with Gasteiger partial charge in [0.05, 0.1) is 16.8 Å². The minimum atomic E-state index is -1.05. The molecule has 1 aromatic heterocycles. The number of carbonyl (C=O) groups is 3. The third-order valence-corrected chi connectivity index (χ3v) is 5.47. The van der Waals surface area contributed by atoms with Gasteiger partial charge in [0.25, 0.3) is 5.91 Å².